The van der Waals surface area contributed by atoms with Crippen LogP contribution in [-0.4, -0.2) is 44.8 Å². The molecule has 0 bridgehead atoms. The molecule has 1 N–H and O–H groups in total. The molecule has 0 saturated carbocycles. The highest BCUT2D eigenvalue weighted by molar-refractivity contribution is 9.10. The van der Waals surface area contributed by atoms with E-state index >= 15 is 0 Å². The largest absolute Gasteiger partial charge is 0.357 e. The van der Waals surface area contributed by atoms with Gasteiger partial charge in [-0.2, -0.15) is 0 Å². The minimum atomic E-state index is -4.23. The minimum Gasteiger partial charge on any atom is -0.357 e. The Morgan fingerprint density at radius 1 is 0.972 bits per heavy atom. The molecule has 0 aromatic heterocycles. The van der Waals surface area contributed by atoms with E-state index in [1.165, 1.54) is 11.9 Å². The third kappa shape index (κ3) is 6.50. The second-order valence-electron chi connectivity index (χ2n) is 8.24. The number of nitrogens with zero attached hydrogens (tertiary/aromatic N) is 2. The number of sulfonamides is 1. The van der Waals surface area contributed by atoms with Crippen LogP contribution in [0.2, 0.25) is 0 Å². The maximum absolute atomic E-state index is 13.6. The van der Waals surface area contributed by atoms with Crippen molar-refractivity contribution >= 4 is 43.5 Å². The highest BCUT2D eigenvalue weighted by Gasteiger charge is 2.32. The number of benzene rings is 3. The van der Waals surface area contributed by atoms with E-state index in [0.29, 0.717) is 0 Å². The van der Waals surface area contributed by atoms with E-state index in [0.717, 1.165) is 44.2 Å². The highest BCUT2D eigenvalue weighted by atomic mass is 79.9. The lowest BCUT2D eigenvalue weighted by Gasteiger charge is -2.31. The lowest BCUT2D eigenvalue weighted by molar-refractivity contribution is -0.139. The van der Waals surface area contributed by atoms with Crippen molar-refractivity contribution in [3.8, 4) is 0 Å². The molecule has 190 valence electrons. The van der Waals surface area contributed by atoms with E-state index < -0.39 is 34.3 Å². The highest BCUT2D eigenvalue weighted by Crippen LogP contribution is 2.25. The fraction of sp³-hybridized carbons (Fsp3) is 0.231. The molecule has 3 rings (SSSR count). The normalized spacial score (nSPS) is 12.0. The maximum Gasteiger partial charge on any atom is 0.264 e. The topological polar surface area (TPSA) is 86.8 Å². The van der Waals surface area contributed by atoms with Crippen LogP contribution in [0.5, 0.6) is 0 Å². The molecule has 10 heteroatoms. The van der Waals surface area contributed by atoms with Gasteiger partial charge in [0, 0.05) is 18.1 Å². The van der Waals surface area contributed by atoms with Crippen molar-refractivity contribution in [1.82, 2.24) is 10.2 Å². The Morgan fingerprint density at radius 2 is 1.56 bits per heavy atom. The van der Waals surface area contributed by atoms with Crippen LogP contribution in [0.3, 0.4) is 0 Å². The lowest BCUT2D eigenvalue weighted by atomic mass is 10.1. The molecular weight excluding hydrogens is 549 g/mol. The summed E-state index contributed by atoms with van der Waals surface area (Å²) in [6.07, 6.45) is 0. The van der Waals surface area contributed by atoms with E-state index in [4.69, 9.17) is 0 Å². The summed E-state index contributed by atoms with van der Waals surface area (Å²) in [5.74, 6) is -1.53. The first kappa shape index (κ1) is 27.3. The fourth-order valence-corrected chi connectivity index (χ4v) is 5.23. The van der Waals surface area contributed by atoms with Gasteiger partial charge >= 0.3 is 0 Å². The van der Waals surface area contributed by atoms with Crippen LogP contribution >= 0.6 is 15.9 Å². The number of rotatable bonds is 9. The smallest absolute Gasteiger partial charge is 0.264 e. The summed E-state index contributed by atoms with van der Waals surface area (Å²) in [6.45, 7) is 2.98. The minimum absolute atomic E-state index is 0.0963. The molecule has 0 heterocycles. The van der Waals surface area contributed by atoms with Gasteiger partial charge in [0.15, 0.2) is 0 Å². The van der Waals surface area contributed by atoms with Crippen molar-refractivity contribution in [2.45, 2.75) is 31.3 Å². The van der Waals surface area contributed by atoms with Crippen LogP contribution < -0.4 is 9.62 Å². The Morgan fingerprint density at radius 3 is 2.11 bits per heavy atom. The summed E-state index contributed by atoms with van der Waals surface area (Å²) in [7, 11) is -2.76. The van der Waals surface area contributed by atoms with Crippen molar-refractivity contribution in [3.05, 3.63) is 94.2 Å². The summed E-state index contributed by atoms with van der Waals surface area (Å²) in [6, 6.07) is 17.5. The number of hydrogen-bond donors (Lipinski definition) is 1. The number of hydrogen-bond acceptors (Lipinski definition) is 4. The van der Waals surface area contributed by atoms with Gasteiger partial charge in [-0.15, -0.1) is 0 Å². The standard InChI is InChI=1S/C26H27BrFN3O4S/c1-18-4-12-23(13-5-18)31(36(34,35)24-14-10-22(28)11-15-24)17-25(32)30(19(2)26(33)29-3)16-20-6-8-21(27)9-7-20/h4-15,19H,16-17H2,1-3H3,(H,29,33). The first-order valence-corrected chi connectivity index (χ1v) is 13.4. The Balaban J connectivity index is 2.01. The summed E-state index contributed by atoms with van der Waals surface area (Å²) in [4.78, 5) is 27.3. The summed E-state index contributed by atoms with van der Waals surface area (Å²) < 4.78 is 42.5. The van der Waals surface area contributed by atoms with E-state index in [-0.39, 0.29) is 23.0 Å². The number of carbonyl (C=O) groups excluding carboxylic acids is 2. The molecule has 0 spiro atoms. The predicted molar refractivity (Wildman–Crippen MR) is 140 cm³/mol. The zero-order valence-corrected chi connectivity index (χ0v) is 22.5. The number of aryl methyl sites for hydroxylation is 1. The van der Waals surface area contributed by atoms with Gasteiger partial charge < -0.3 is 10.2 Å². The SMILES string of the molecule is CNC(=O)C(C)N(Cc1ccc(Br)cc1)C(=O)CN(c1ccc(C)cc1)S(=O)(=O)c1ccc(F)cc1. The monoisotopic (exact) mass is 575 g/mol. The van der Waals surface area contributed by atoms with Gasteiger partial charge in [-0.3, -0.25) is 13.9 Å². The second-order valence-corrected chi connectivity index (χ2v) is 11.0. The molecular formula is C26H27BrFN3O4S. The van der Waals surface area contributed by atoms with Gasteiger partial charge in [-0.1, -0.05) is 45.8 Å². The van der Waals surface area contributed by atoms with Crippen molar-refractivity contribution in [1.29, 1.82) is 0 Å². The molecule has 0 aliphatic carbocycles. The molecule has 2 amide bonds. The number of carbonyl (C=O) groups is 2. The van der Waals surface area contributed by atoms with Crippen molar-refractivity contribution in [3.63, 3.8) is 0 Å². The average molecular weight is 576 g/mol. The Labute approximate surface area is 219 Å². The molecule has 0 saturated heterocycles. The third-order valence-corrected chi connectivity index (χ3v) is 8.00. The average Bonchev–Trinajstić information content (AvgIpc) is 2.86. The van der Waals surface area contributed by atoms with Crippen molar-refractivity contribution in [2.75, 3.05) is 17.9 Å². The number of halogens is 2. The molecule has 0 aliphatic rings. The molecule has 0 fully saturated rings. The Kier molecular flexibility index (Phi) is 8.86. The van der Waals surface area contributed by atoms with Crippen LogP contribution in [0.15, 0.2) is 82.2 Å². The number of nitrogens with one attached hydrogen (secondary N) is 1. The molecule has 36 heavy (non-hydrogen) atoms. The van der Waals surface area contributed by atoms with E-state index in [2.05, 4.69) is 21.2 Å². The molecule has 3 aromatic carbocycles. The van der Waals surface area contributed by atoms with Crippen LogP contribution in [0.4, 0.5) is 10.1 Å². The van der Waals surface area contributed by atoms with Gasteiger partial charge in [0.2, 0.25) is 11.8 Å². The predicted octanol–water partition coefficient (Wildman–Crippen LogP) is 4.26. The van der Waals surface area contributed by atoms with Crippen molar-refractivity contribution < 1.29 is 22.4 Å². The number of likely N-dealkylation sites (N-methyl/N-ethyl adjacent to an activating group) is 1. The maximum atomic E-state index is 13.6. The third-order valence-electron chi connectivity index (χ3n) is 5.68. The van der Waals surface area contributed by atoms with E-state index in [1.807, 2.05) is 31.2 Å². The molecule has 0 aliphatic heterocycles. The summed E-state index contributed by atoms with van der Waals surface area (Å²) >= 11 is 3.37. The van der Waals surface area contributed by atoms with E-state index in [9.17, 15) is 22.4 Å². The molecule has 0 radical (unpaired) electrons. The van der Waals surface area contributed by atoms with Crippen LogP contribution in [0, 0.1) is 12.7 Å². The zero-order valence-electron chi connectivity index (χ0n) is 20.1. The van der Waals surface area contributed by atoms with Crippen LogP contribution in [0.1, 0.15) is 18.1 Å². The molecule has 1 unspecified atom stereocenters. The van der Waals surface area contributed by atoms with Crippen LogP contribution in [-0.2, 0) is 26.2 Å². The summed E-state index contributed by atoms with van der Waals surface area (Å²) in [5, 5.41) is 2.54. The van der Waals surface area contributed by atoms with Gasteiger partial charge in [-0.25, -0.2) is 12.8 Å². The van der Waals surface area contributed by atoms with Crippen LogP contribution in [0.25, 0.3) is 0 Å². The van der Waals surface area contributed by atoms with E-state index in [1.54, 1.807) is 31.2 Å². The Bertz CT molecular complexity index is 1310. The summed E-state index contributed by atoms with van der Waals surface area (Å²) in [5.41, 5.74) is 1.95. The van der Waals surface area contributed by atoms with Gasteiger partial charge in [0.05, 0.1) is 10.6 Å². The number of anilines is 1. The van der Waals surface area contributed by atoms with Gasteiger partial charge in [0.25, 0.3) is 10.0 Å². The second kappa shape index (κ2) is 11.7. The van der Waals surface area contributed by atoms with Gasteiger partial charge in [-0.05, 0) is 67.9 Å². The number of amides is 2. The van der Waals surface area contributed by atoms with Gasteiger partial charge in [0.1, 0.15) is 18.4 Å². The van der Waals surface area contributed by atoms with Crippen molar-refractivity contribution in [2.24, 2.45) is 0 Å². The lowest BCUT2D eigenvalue weighted by Crippen LogP contribution is -2.50. The zero-order chi connectivity index (χ0) is 26.5. The fourth-order valence-electron chi connectivity index (χ4n) is 3.55. The quantitative estimate of drug-likeness (QED) is 0.413. The molecule has 7 nitrogen and oxygen atoms in total. The first-order valence-electron chi connectivity index (χ1n) is 11.1. The molecule has 1 atom stereocenters. The molecule has 3 aromatic rings. The first-order chi connectivity index (χ1) is 17.0. The Hall–Kier alpha value is -3.24.